The molecule has 0 atom stereocenters. The van der Waals surface area contributed by atoms with Crippen LogP contribution in [0.4, 0.5) is 0 Å². The van der Waals surface area contributed by atoms with Crippen LogP contribution in [0.25, 0.3) is 10.9 Å². The third-order valence-corrected chi connectivity index (χ3v) is 4.70. The Morgan fingerprint density at radius 1 is 1.07 bits per heavy atom. The molecule has 0 fully saturated rings. The van der Waals surface area contributed by atoms with Crippen LogP contribution in [0, 0.1) is 0 Å². The summed E-state index contributed by atoms with van der Waals surface area (Å²) in [4.78, 5) is 40.9. The van der Waals surface area contributed by atoms with E-state index in [0.29, 0.717) is 35.3 Å². The lowest BCUT2D eigenvalue weighted by Gasteiger charge is -2.11. The zero-order chi connectivity index (χ0) is 21.7. The van der Waals surface area contributed by atoms with Crippen molar-refractivity contribution in [1.82, 2.24) is 10.0 Å². The Morgan fingerprint density at radius 2 is 1.80 bits per heavy atom. The zero-order valence-electron chi connectivity index (χ0n) is 16.8. The average Bonchev–Trinajstić information content (AvgIpc) is 3.06. The molecule has 0 saturated heterocycles. The van der Waals surface area contributed by atoms with Gasteiger partial charge in [-0.15, -0.1) is 0 Å². The number of aromatic nitrogens is 1. The van der Waals surface area contributed by atoms with E-state index in [1.807, 2.05) is 47.9 Å². The van der Waals surface area contributed by atoms with Gasteiger partial charge in [-0.3, -0.25) is 19.2 Å². The molecular formula is C22H23N3O5. The number of ether oxygens (including phenoxy) is 1. The first kappa shape index (κ1) is 21.1. The number of nitrogens with one attached hydrogen (secondary N) is 1. The fraction of sp³-hybridized carbons (Fsp3) is 0.227. The average molecular weight is 409 g/mol. The van der Waals surface area contributed by atoms with E-state index in [2.05, 4.69) is 10.3 Å². The Balaban J connectivity index is 2.18. The summed E-state index contributed by atoms with van der Waals surface area (Å²) in [6.45, 7) is 2.09. The third kappa shape index (κ3) is 4.18. The van der Waals surface area contributed by atoms with Crippen molar-refractivity contribution in [2.75, 3.05) is 13.7 Å². The lowest BCUT2D eigenvalue weighted by Crippen LogP contribution is -2.28. The Morgan fingerprint density at radius 3 is 2.43 bits per heavy atom. The van der Waals surface area contributed by atoms with Crippen LogP contribution in [0.5, 0.6) is 5.75 Å². The van der Waals surface area contributed by atoms with Gasteiger partial charge in [0.2, 0.25) is 0 Å². The van der Waals surface area contributed by atoms with Crippen molar-refractivity contribution >= 4 is 28.5 Å². The molecule has 1 heterocycles. The van der Waals surface area contributed by atoms with Gasteiger partial charge in [-0.1, -0.05) is 43.3 Å². The summed E-state index contributed by atoms with van der Waals surface area (Å²) in [5, 5.41) is 0.458. The van der Waals surface area contributed by atoms with E-state index in [1.54, 1.807) is 12.1 Å². The molecule has 156 valence electrons. The number of amides is 2. The van der Waals surface area contributed by atoms with Gasteiger partial charge in [0, 0.05) is 12.2 Å². The van der Waals surface area contributed by atoms with Gasteiger partial charge in [0.25, 0.3) is 17.6 Å². The lowest BCUT2D eigenvalue weighted by atomic mass is 10.0. The van der Waals surface area contributed by atoms with E-state index >= 15 is 0 Å². The summed E-state index contributed by atoms with van der Waals surface area (Å²) < 4.78 is 7.63. The number of hydroxylamine groups is 1. The Hall–Kier alpha value is -3.65. The summed E-state index contributed by atoms with van der Waals surface area (Å²) in [6, 6.07) is 15.0. The molecule has 8 nitrogen and oxygen atoms in total. The van der Waals surface area contributed by atoms with Crippen LogP contribution in [0.1, 0.15) is 28.5 Å². The van der Waals surface area contributed by atoms with Crippen molar-refractivity contribution in [3.05, 3.63) is 65.4 Å². The minimum atomic E-state index is -1.05. The molecule has 0 saturated carbocycles. The summed E-state index contributed by atoms with van der Waals surface area (Å²) in [5.41, 5.74) is 10.1. The molecular weight excluding hydrogens is 386 g/mol. The molecule has 1 aromatic heterocycles. The molecule has 2 aromatic carbocycles. The van der Waals surface area contributed by atoms with Crippen molar-refractivity contribution in [3.63, 3.8) is 0 Å². The summed E-state index contributed by atoms with van der Waals surface area (Å²) in [7, 11) is 1.32. The topological polar surface area (TPSA) is 113 Å². The maximum atomic E-state index is 12.8. The molecule has 0 aliphatic rings. The Labute approximate surface area is 173 Å². The minimum Gasteiger partial charge on any atom is -0.483 e. The van der Waals surface area contributed by atoms with E-state index in [4.69, 9.17) is 10.5 Å². The number of benzene rings is 2. The number of hydrogen-bond donors (Lipinski definition) is 2. The van der Waals surface area contributed by atoms with Gasteiger partial charge in [0.1, 0.15) is 5.75 Å². The number of hydrogen-bond acceptors (Lipinski definition) is 5. The number of nitrogens with two attached hydrogens (primary N) is 1. The molecule has 0 radical (unpaired) electrons. The van der Waals surface area contributed by atoms with Gasteiger partial charge >= 0.3 is 0 Å². The number of fused-ring (bicyclic) bond motifs is 1. The van der Waals surface area contributed by atoms with Crippen LogP contribution < -0.4 is 16.0 Å². The summed E-state index contributed by atoms with van der Waals surface area (Å²) in [6.07, 6.45) is 0.499. The van der Waals surface area contributed by atoms with E-state index < -0.39 is 17.6 Å². The number of primary amides is 1. The molecule has 0 aliphatic carbocycles. The minimum absolute atomic E-state index is 0.207. The van der Waals surface area contributed by atoms with E-state index in [-0.39, 0.29) is 12.2 Å². The maximum Gasteiger partial charge on any atom is 0.289 e. The zero-order valence-corrected chi connectivity index (χ0v) is 16.8. The third-order valence-electron chi connectivity index (χ3n) is 4.70. The Bertz CT molecular complexity index is 1090. The van der Waals surface area contributed by atoms with Gasteiger partial charge in [0.05, 0.1) is 23.6 Å². The molecule has 0 aliphatic heterocycles. The van der Waals surface area contributed by atoms with Crippen LogP contribution in [-0.4, -0.2) is 35.9 Å². The smallest absolute Gasteiger partial charge is 0.289 e. The monoisotopic (exact) mass is 409 g/mol. The molecule has 30 heavy (non-hydrogen) atoms. The van der Waals surface area contributed by atoms with Gasteiger partial charge in [-0.25, -0.2) is 5.48 Å². The van der Waals surface area contributed by atoms with E-state index in [0.717, 1.165) is 5.56 Å². The van der Waals surface area contributed by atoms with Crippen LogP contribution in [0.3, 0.4) is 0 Å². The van der Waals surface area contributed by atoms with Gasteiger partial charge in [-0.05, 0) is 24.1 Å². The number of carbonyl (C=O) groups excluding carboxylic acids is 3. The summed E-state index contributed by atoms with van der Waals surface area (Å²) >= 11 is 0. The summed E-state index contributed by atoms with van der Waals surface area (Å²) in [5.74, 6) is -2.02. The first-order chi connectivity index (χ1) is 14.5. The van der Waals surface area contributed by atoms with Crippen molar-refractivity contribution < 1.29 is 24.0 Å². The van der Waals surface area contributed by atoms with E-state index in [1.165, 1.54) is 7.11 Å². The molecule has 0 bridgehead atoms. The highest BCUT2D eigenvalue weighted by Crippen LogP contribution is 2.35. The Kier molecular flexibility index (Phi) is 6.48. The van der Waals surface area contributed by atoms with Gasteiger partial charge in [0.15, 0.2) is 6.61 Å². The van der Waals surface area contributed by atoms with Crippen molar-refractivity contribution in [1.29, 1.82) is 0 Å². The highest BCUT2D eigenvalue weighted by atomic mass is 16.6. The molecule has 0 spiro atoms. The van der Waals surface area contributed by atoms with Crippen LogP contribution in [0.2, 0.25) is 0 Å². The highest BCUT2D eigenvalue weighted by molar-refractivity contribution is 6.45. The van der Waals surface area contributed by atoms with Crippen molar-refractivity contribution in [2.45, 2.75) is 19.9 Å². The number of rotatable bonds is 9. The number of ketones is 1. The first-order valence-electron chi connectivity index (χ1n) is 9.44. The number of nitrogens with zero attached hydrogens (tertiary/aromatic N) is 1. The standard InChI is InChI=1S/C22H23N3O5/c1-3-15-20(21(27)22(23)28)19-16(25(15)12-14-8-5-4-6-9-14)10-7-11-17(19)30-13-18(26)24-29-2/h4-11H,3,12-13H2,1-2H3,(H2,23,28)(H,24,26). The van der Waals surface area contributed by atoms with Crippen molar-refractivity contribution in [3.8, 4) is 5.75 Å². The van der Waals surface area contributed by atoms with Crippen LogP contribution in [-0.2, 0) is 27.4 Å². The second kappa shape index (κ2) is 9.23. The first-order valence-corrected chi connectivity index (χ1v) is 9.44. The quantitative estimate of drug-likeness (QED) is 0.319. The SMILES string of the molecule is CCc1c(C(=O)C(N)=O)c2c(OCC(=O)NOC)cccc2n1Cc1ccccc1. The molecule has 2 amide bonds. The largest absolute Gasteiger partial charge is 0.483 e. The molecule has 3 N–H and O–H groups in total. The predicted molar refractivity (Wildman–Crippen MR) is 111 cm³/mol. The second-order valence-electron chi connectivity index (χ2n) is 6.61. The van der Waals surface area contributed by atoms with Crippen LogP contribution >= 0.6 is 0 Å². The molecule has 3 aromatic rings. The molecule has 3 rings (SSSR count). The fourth-order valence-electron chi connectivity index (χ4n) is 3.51. The number of carbonyl (C=O) groups is 3. The maximum absolute atomic E-state index is 12.8. The van der Waals surface area contributed by atoms with Crippen molar-refractivity contribution in [2.24, 2.45) is 5.73 Å². The normalized spacial score (nSPS) is 10.7. The lowest BCUT2D eigenvalue weighted by molar-refractivity contribution is -0.133. The molecule has 8 heteroatoms. The van der Waals surface area contributed by atoms with Gasteiger partial charge < -0.3 is 15.0 Å². The molecule has 0 unspecified atom stereocenters. The predicted octanol–water partition coefficient (Wildman–Crippen LogP) is 1.98. The van der Waals surface area contributed by atoms with Crippen LogP contribution in [0.15, 0.2) is 48.5 Å². The second-order valence-corrected chi connectivity index (χ2v) is 6.61. The van der Waals surface area contributed by atoms with Gasteiger partial charge in [-0.2, -0.15) is 0 Å². The number of Topliss-reactive ketones (excluding diaryl/α,β-unsaturated/α-hetero) is 1. The van der Waals surface area contributed by atoms with E-state index in [9.17, 15) is 14.4 Å². The highest BCUT2D eigenvalue weighted by Gasteiger charge is 2.27. The fourth-order valence-corrected chi connectivity index (χ4v) is 3.51.